The van der Waals surface area contributed by atoms with Crippen molar-refractivity contribution < 1.29 is 9.47 Å². The molecule has 0 amide bonds. The second-order valence-corrected chi connectivity index (χ2v) is 4.72. The summed E-state index contributed by atoms with van der Waals surface area (Å²) in [6.45, 7) is 10.6. The van der Waals surface area contributed by atoms with Gasteiger partial charge in [-0.05, 0) is 33.3 Å². The van der Waals surface area contributed by atoms with E-state index in [0.717, 1.165) is 13.0 Å². The predicted molar refractivity (Wildman–Crippen MR) is 79.3 cm³/mol. The number of aryl methyl sites for hydroxylation is 1. The zero-order valence-corrected chi connectivity index (χ0v) is 12.6. The molecule has 0 spiro atoms. The minimum absolute atomic E-state index is 0.0905. The summed E-state index contributed by atoms with van der Waals surface area (Å²) in [6, 6.07) is 8.96. The molecule has 1 N–H and O–H groups in total. The van der Waals surface area contributed by atoms with E-state index in [4.69, 9.17) is 9.47 Å². The van der Waals surface area contributed by atoms with Gasteiger partial charge >= 0.3 is 0 Å². The molecule has 0 saturated carbocycles. The maximum absolute atomic E-state index is 5.53. The van der Waals surface area contributed by atoms with Crippen LogP contribution in [0.1, 0.15) is 44.4 Å². The summed E-state index contributed by atoms with van der Waals surface area (Å²) >= 11 is 0. The quantitative estimate of drug-likeness (QED) is 0.694. The van der Waals surface area contributed by atoms with Gasteiger partial charge in [-0.2, -0.15) is 0 Å². The van der Waals surface area contributed by atoms with Crippen molar-refractivity contribution in [3.05, 3.63) is 35.4 Å². The Morgan fingerprint density at radius 1 is 1.16 bits per heavy atom. The predicted octanol–water partition coefficient (Wildman–Crippen LogP) is 3.43. The van der Waals surface area contributed by atoms with Gasteiger partial charge < -0.3 is 14.8 Å². The van der Waals surface area contributed by atoms with E-state index in [-0.39, 0.29) is 6.29 Å². The van der Waals surface area contributed by atoms with Gasteiger partial charge in [-0.1, -0.05) is 29.8 Å². The first-order chi connectivity index (χ1) is 9.17. The van der Waals surface area contributed by atoms with Gasteiger partial charge in [0.15, 0.2) is 6.29 Å². The molecule has 1 aromatic carbocycles. The number of rotatable bonds is 9. The summed E-state index contributed by atoms with van der Waals surface area (Å²) in [5, 5.41) is 3.51. The standard InChI is InChI=1S/C16H27NO2/c1-5-18-16(19-6-2)10-11-17-14(4)15-9-7-8-13(3)12-15/h7-9,12,14,16-17H,5-6,10-11H2,1-4H3/t14-/m1/s1. The van der Waals surface area contributed by atoms with Crippen LogP contribution in [-0.4, -0.2) is 26.0 Å². The number of hydrogen-bond donors (Lipinski definition) is 1. The minimum Gasteiger partial charge on any atom is -0.353 e. The minimum atomic E-state index is -0.0905. The monoisotopic (exact) mass is 265 g/mol. The molecule has 1 atom stereocenters. The zero-order chi connectivity index (χ0) is 14.1. The van der Waals surface area contributed by atoms with Gasteiger partial charge in [0.1, 0.15) is 0 Å². The third kappa shape index (κ3) is 6.19. The van der Waals surface area contributed by atoms with Gasteiger partial charge in [-0.25, -0.2) is 0 Å². The van der Waals surface area contributed by atoms with E-state index in [0.29, 0.717) is 19.3 Å². The number of benzene rings is 1. The van der Waals surface area contributed by atoms with E-state index >= 15 is 0 Å². The van der Waals surface area contributed by atoms with Gasteiger partial charge in [0.2, 0.25) is 0 Å². The van der Waals surface area contributed by atoms with Crippen molar-refractivity contribution >= 4 is 0 Å². The van der Waals surface area contributed by atoms with Crippen LogP contribution in [0.2, 0.25) is 0 Å². The highest BCUT2D eigenvalue weighted by Crippen LogP contribution is 2.13. The molecule has 0 aromatic heterocycles. The fraction of sp³-hybridized carbons (Fsp3) is 0.625. The largest absolute Gasteiger partial charge is 0.353 e. The van der Waals surface area contributed by atoms with E-state index in [1.807, 2.05) is 13.8 Å². The first kappa shape index (κ1) is 16.2. The van der Waals surface area contributed by atoms with Gasteiger partial charge in [-0.3, -0.25) is 0 Å². The molecule has 0 heterocycles. The summed E-state index contributed by atoms with van der Waals surface area (Å²) < 4.78 is 11.1. The fourth-order valence-electron chi connectivity index (χ4n) is 2.06. The van der Waals surface area contributed by atoms with Crippen LogP contribution in [-0.2, 0) is 9.47 Å². The smallest absolute Gasteiger partial charge is 0.158 e. The molecule has 0 aliphatic carbocycles. The normalized spacial score (nSPS) is 12.9. The molecule has 1 rings (SSSR count). The van der Waals surface area contributed by atoms with Crippen molar-refractivity contribution in [1.82, 2.24) is 5.32 Å². The van der Waals surface area contributed by atoms with Crippen molar-refractivity contribution in [1.29, 1.82) is 0 Å². The van der Waals surface area contributed by atoms with Crippen LogP contribution < -0.4 is 5.32 Å². The molecule has 0 unspecified atom stereocenters. The van der Waals surface area contributed by atoms with Gasteiger partial charge in [0.05, 0.1) is 0 Å². The Hall–Kier alpha value is -0.900. The molecule has 0 radical (unpaired) electrons. The lowest BCUT2D eigenvalue weighted by atomic mass is 10.1. The van der Waals surface area contributed by atoms with Gasteiger partial charge in [0.25, 0.3) is 0 Å². The third-order valence-electron chi connectivity index (χ3n) is 3.08. The van der Waals surface area contributed by atoms with Crippen LogP contribution in [0.5, 0.6) is 0 Å². The molecule has 0 aliphatic rings. The molecule has 0 aliphatic heterocycles. The third-order valence-corrected chi connectivity index (χ3v) is 3.08. The molecule has 3 heteroatoms. The Morgan fingerprint density at radius 3 is 2.42 bits per heavy atom. The molecule has 3 nitrogen and oxygen atoms in total. The van der Waals surface area contributed by atoms with Crippen molar-refractivity contribution in [3.63, 3.8) is 0 Å². The summed E-state index contributed by atoms with van der Waals surface area (Å²) in [6.07, 6.45) is 0.782. The lowest BCUT2D eigenvalue weighted by Crippen LogP contribution is -2.26. The second kappa shape index (κ2) is 9.08. The maximum atomic E-state index is 5.53. The SMILES string of the molecule is CCOC(CCN[C@H](C)c1cccc(C)c1)OCC. The number of hydrogen-bond acceptors (Lipinski definition) is 3. The van der Waals surface area contributed by atoms with Gasteiger partial charge in [-0.15, -0.1) is 0 Å². The first-order valence-corrected chi connectivity index (χ1v) is 7.20. The highest BCUT2D eigenvalue weighted by atomic mass is 16.7. The average molecular weight is 265 g/mol. The van der Waals surface area contributed by atoms with Crippen LogP contribution in [0.15, 0.2) is 24.3 Å². The molecule has 108 valence electrons. The molecule has 0 saturated heterocycles. The Labute approximate surface area is 117 Å². The highest BCUT2D eigenvalue weighted by molar-refractivity contribution is 5.24. The number of nitrogens with one attached hydrogen (secondary N) is 1. The van der Waals surface area contributed by atoms with E-state index in [1.165, 1.54) is 11.1 Å². The van der Waals surface area contributed by atoms with Gasteiger partial charge in [0, 0.05) is 32.2 Å². The van der Waals surface area contributed by atoms with Crippen LogP contribution in [0.4, 0.5) is 0 Å². The Kier molecular flexibility index (Phi) is 7.72. The van der Waals surface area contributed by atoms with Crippen molar-refractivity contribution in [2.45, 2.75) is 46.4 Å². The van der Waals surface area contributed by atoms with Crippen LogP contribution >= 0.6 is 0 Å². The number of ether oxygens (including phenoxy) is 2. The van der Waals surface area contributed by atoms with E-state index in [9.17, 15) is 0 Å². The van der Waals surface area contributed by atoms with Crippen molar-refractivity contribution in [2.75, 3.05) is 19.8 Å². The molecular formula is C16H27NO2. The Balaban J connectivity index is 2.35. The topological polar surface area (TPSA) is 30.5 Å². The van der Waals surface area contributed by atoms with Crippen LogP contribution in [0.3, 0.4) is 0 Å². The van der Waals surface area contributed by atoms with E-state index in [1.54, 1.807) is 0 Å². The summed E-state index contributed by atoms with van der Waals surface area (Å²) in [4.78, 5) is 0. The Morgan fingerprint density at radius 2 is 1.84 bits per heavy atom. The summed E-state index contributed by atoms with van der Waals surface area (Å²) in [5.74, 6) is 0. The van der Waals surface area contributed by atoms with Crippen molar-refractivity contribution in [2.24, 2.45) is 0 Å². The second-order valence-electron chi connectivity index (χ2n) is 4.72. The lowest BCUT2D eigenvalue weighted by Gasteiger charge is -2.19. The first-order valence-electron chi connectivity index (χ1n) is 7.20. The highest BCUT2D eigenvalue weighted by Gasteiger charge is 2.09. The van der Waals surface area contributed by atoms with E-state index < -0.39 is 0 Å². The van der Waals surface area contributed by atoms with E-state index in [2.05, 4.69) is 43.4 Å². The summed E-state index contributed by atoms with van der Waals surface area (Å²) in [7, 11) is 0. The Bertz CT molecular complexity index is 348. The zero-order valence-electron chi connectivity index (χ0n) is 12.6. The lowest BCUT2D eigenvalue weighted by molar-refractivity contribution is -0.138. The maximum Gasteiger partial charge on any atom is 0.158 e. The molecule has 1 aromatic rings. The van der Waals surface area contributed by atoms with Crippen molar-refractivity contribution in [3.8, 4) is 0 Å². The molecule has 0 fully saturated rings. The molecule has 19 heavy (non-hydrogen) atoms. The van der Waals surface area contributed by atoms with Crippen LogP contribution in [0, 0.1) is 6.92 Å². The fourth-order valence-corrected chi connectivity index (χ4v) is 2.06. The molecular weight excluding hydrogens is 238 g/mol. The average Bonchev–Trinajstić information content (AvgIpc) is 2.39. The van der Waals surface area contributed by atoms with Crippen LogP contribution in [0.25, 0.3) is 0 Å². The molecule has 0 bridgehead atoms. The summed E-state index contributed by atoms with van der Waals surface area (Å²) in [5.41, 5.74) is 2.62.